The third-order valence-corrected chi connectivity index (χ3v) is 9.26. The van der Waals surface area contributed by atoms with Gasteiger partial charge in [0.1, 0.15) is 36.2 Å². The molecule has 2 aromatic heterocycles. The molecule has 2 aliphatic heterocycles. The van der Waals surface area contributed by atoms with Gasteiger partial charge in [0, 0.05) is 35.9 Å². The monoisotopic (exact) mass is 737 g/mol. The third kappa shape index (κ3) is 7.99. The fourth-order valence-electron chi connectivity index (χ4n) is 6.25. The number of fused-ring (bicyclic) bond motifs is 2. The van der Waals surface area contributed by atoms with E-state index in [0.29, 0.717) is 68.4 Å². The summed E-state index contributed by atoms with van der Waals surface area (Å²) in [6.45, 7) is 2.72. The van der Waals surface area contributed by atoms with Crippen LogP contribution in [0.4, 0.5) is 11.5 Å². The highest BCUT2D eigenvalue weighted by Gasteiger charge is 2.45. The van der Waals surface area contributed by atoms with Gasteiger partial charge in [-0.05, 0) is 66.1 Å². The molecular formula is C38H36ClN7O7. The zero-order chi connectivity index (χ0) is 36.7. The SMILES string of the molecule is O=C1CCC(N2C(=O)c3cccc(NCCOCCOCCOc4ccc(-c5cc6c(NCc7ccccc7Cl)ncnc6[nH]5)cc4)c3C2=O)C(=O)N1. The minimum Gasteiger partial charge on any atom is -0.491 e. The van der Waals surface area contributed by atoms with Crippen LogP contribution in [-0.4, -0.2) is 89.1 Å². The predicted molar refractivity (Wildman–Crippen MR) is 197 cm³/mol. The number of nitrogens with one attached hydrogen (secondary N) is 4. The second kappa shape index (κ2) is 16.2. The molecule has 0 saturated carbocycles. The molecule has 4 amide bonds. The second-order valence-electron chi connectivity index (χ2n) is 12.3. The Bertz CT molecular complexity index is 2160. The molecule has 3 aromatic carbocycles. The van der Waals surface area contributed by atoms with Crippen LogP contribution in [-0.2, 0) is 25.6 Å². The summed E-state index contributed by atoms with van der Waals surface area (Å²) >= 11 is 6.31. The molecule has 5 aromatic rings. The number of anilines is 2. The molecule has 53 heavy (non-hydrogen) atoms. The van der Waals surface area contributed by atoms with Crippen molar-refractivity contribution in [3.05, 3.63) is 101 Å². The molecule has 7 rings (SSSR count). The number of amides is 4. The van der Waals surface area contributed by atoms with Crippen molar-refractivity contribution in [2.45, 2.75) is 25.4 Å². The Labute approximate surface area is 309 Å². The van der Waals surface area contributed by atoms with Gasteiger partial charge >= 0.3 is 0 Å². The molecule has 2 aliphatic rings. The molecule has 1 fully saturated rings. The number of halogens is 1. The quantitative estimate of drug-likeness (QED) is 0.0807. The fourth-order valence-corrected chi connectivity index (χ4v) is 6.45. The molecule has 1 saturated heterocycles. The van der Waals surface area contributed by atoms with Crippen molar-refractivity contribution >= 4 is 57.8 Å². The molecule has 14 nitrogen and oxygen atoms in total. The number of rotatable bonds is 16. The fraction of sp³-hybridized carbons (Fsp3) is 0.263. The lowest BCUT2D eigenvalue weighted by Crippen LogP contribution is -2.54. The molecule has 272 valence electrons. The van der Waals surface area contributed by atoms with Crippen LogP contribution in [0.15, 0.2) is 79.1 Å². The number of H-pyrrole nitrogens is 1. The molecule has 15 heteroatoms. The van der Waals surface area contributed by atoms with Crippen LogP contribution in [0.3, 0.4) is 0 Å². The van der Waals surface area contributed by atoms with Crippen molar-refractivity contribution < 1.29 is 33.4 Å². The van der Waals surface area contributed by atoms with Crippen molar-refractivity contribution in [2.75, 3.05) is 50.2 Å². The zero-order valence-electron chi connectivity index (χ0n) is 28.5. The van der Waals surface area contributed by atoms with E-state index < -0.39 is 29.7 Å². The highest BCUT2D eigenvalue weighted by Crippen LogP contribution is 2.33. The van der Waals surface area contributed by atoms with Crippen molar-refractivity contribution in [3.8, 4) is 17.0 Å². The first-order valence-corrected chi connectivity index (χ1v) is 17.5. The first kappa shape index (κ1) is 35.6. The lowest BCUT2D eigenvalue weighted by atomic mass is 10.0. The first-order valence-electron chi connectivity index (χ1n) is 17.2. The van der Waals surface area contributed by atoms with Gasteiger partial charge < -0.3 is 29.8 Å². The van der Waals surface area contributed by atoms with E-state index in [2.05, 4.69) is 30.9 Å². The molecule has 0 spiro atoms. The smallest absolute Gasteiger partial charge is 0.264 e. The lowest BCUT2D eigenvalue weighted by molar-refractivity contribution is -0.136. The van der Waals surface area contributed by atoms with E-state index >= 15 is 0 Å². The number of piperidine rings is 1. The van der Waals surface area contributed by atoms with Crippen molar-refractivity contribution in [3.63, 3.8) is 0 Å². The molecule has 4 N–H and O–H groups in total. The molecule has 0 radical (unpaired) electrons. The van der Waals surface area contributed by atoms with E-state index in [9.17, 15) is 19.2 Å². The number of imide groups is 2. The minimum absolute atomic E-state index is 0.0637. The van der Waals surface area contributed by atoms with Crippen LogP contribution in [0.2, 0.25) is 5.02 Å². The summed E-state index contributed by atoms with van der Waals surface area (Å²) in [5, 5.41) is 10.3. The zero-order valence-corrected chi connectivity index (χ0v) is 29.3. The Morgan fingerprint density at radius 1 is 0.849 bits per heavy atom. The molecular weight excluding hydrogens is 702 g/mol. The summed E-state index contributed by atoms with van der Waals surface area (Å²) in [7, 11) is 0. The maximum atomic E-state index is 13.2. The number of benzene rings is 3. The van der Waals surface area contributed by atoms with Gasteiger partial charge in [-0.3, -0.25) is 29.4 Å². The summed E-state index contributed by atoms with van der Waals surface area (Å²) in [5.74, 6) is -0.743. The number of hydrogen-bond donors (Lipinski definition) is 4. The maximum absolute atomic E-state index is 13.2. The average Bonchev–Trinajstić information content (AvgIpc) is 3.71. The van der Waals surface area contributed by atoms with Gasteiger partial charge in [-0.2, -0.15) is 0 Å². The molecule has 1 unspecified atom stereocenters. The Balaban J connectivity index is 0.802. The van der Waals surface area contributed by atoms with E-state index in [1.54, 1.807) is 18.2 Å². The highest BCUT2D eigenvalue weighted by molar-refractivity contribution is 6.31. The van der Waals surface area contributed by atoms with Crippen LogP contribution in [0.5, 0.6) is 5.75 Å². The number of hydrogen-bond acceptors (Lipinski definition) is 11. The normalized spacial score (nSPS) is 15.5. The van der Waals surface area contributed by atoms with Crippen LogP contribution in [0.25, 0.3) is 22.3 Å². The minimum atomic E-state index is -1.01. The van der Waals surface area contributed by atoms with Crippen molar-refractivity contribution in [1.82, 2.24) is 25.2 Å². The Morgan fingerprint density at radius 2 is 1.64 bits per heavy atom. The largest absolute Gasteiger partial charge is 0.491 e. The van der Waals surface area contributed by atoms with Crippen LogP contribution < -0.4 is 20.7 Å². The molecule has 0 bridgehead atoms. The average molecular weight is 738 g/mol. The predicted octanol–water partition coefficient (Wildman–Crippen LogP) is 4.82. The van der Waals surface area contributed by atoms with Gasteiger partial charge in [-0.15, -0.1) is 0 Å². The standard InChI is InChI=1S/C38H36ClN7O7/c39-28-6-2-1-4-24(28)21-41-34-27-20-30(44-35(27)43-22-42-34)23-8-10-25(11-9-23)53-19-18-52-17-16-51-15-14-40-29-7-3-5-26-33(29)38(50)46(37(26)49)31-12-13-32(47)45-36(31)48/h1-11,20,22,31,40H,12-19,21H2,(H,45,47,48)(H2,41,42,43,44). The Hall–Kier alpha value is -5.83. The molecule has 4 heterocycles. The third-order valence-electron chi connectivity index (χ3n) is 8.89. The summed E-state index contributed by atoms with van der Waals surface area (Å²) in [6, 6.07) is 21.4. The Morgan fingerprint density at radius 3 is 2.45 bits per heavy atom. The number of aromatic amines is 1. The summed E-state index contributed by atoms with van der Waals surface area (Å²) in [6.07, 6.45) is 1.69. The topological polar surface area (TPSA) is 177 Å². The molecule has 1 atom stereocenters. The number of carbonyl (C=O) groups excluding carboxylic acids is 4. The van der Waals surface area contributed by atoms with Crippen LogP contribution in [0, 0.1) is 0 Å². The van der Waals surface area contributed by atoms with E-state index in [1.807, 2.05) is 54.6 Å². The van der Waals surface area contributed by atoms with Gasteiger partial charge in [0.2, 0.25) is 11.8 Å². The molecule has 0 aliphatic carbocycles. The van der Waals surface area contributed by atoms with Crippen LogP contribution >= 0.6 is 11.6 Å². The van der Waals surface area contributed by atoms with Gasteiger partial charge in [0.25, 0.3) is 11.8 Å². The number of carbonyl (C=O) groups is 4. The number of aromatic nitrogens is 3. The maximum Gasteiger partial charge on any atom is 0.264 e. The summed E-state index contributed by atoms with van der Waals surface area (Å²) < 4.78 is 17.1. The highest BCUT2D eigenvalue weighted by atomic mass is 35.5. The van der Waals surface area contributed by atoms with E-state index in [4.69, 9.17) is 25.8 Å². The summed E-state index contributed by atoms with van der Waals surface area (Å²) in [4.78, 5) is 63.2. The summed E-state index contributed by atoms with van der Waals surface area (Å²) in [5.41, 5.74) is 4.48. The van der Waals surface area contributed by atoms with Gasteiger partial charge in [0.15, 0.2) is 0 Å². The lowest BCUT2D eigenvalue weighted by Gasteiger charge is -2.27. The van der Waals surface area contributed by atoms with E-state index in [1.165, 1.54) is 6.33 Å². The van der Waals surface area contributed by atoms with E-state index in [-0.39, 0.29) is 24.0 Å². The number of ether oxygens (including phenoxy) is 3. The van der Waals surface area contributed by atoms with E-state index in [0.717, 1.165) is 32.8 Å². The number of nitrogens with zero attached hydrogens (tertiary/aromatic N) is 3. The second-order valence-corrected chi connectivity index (χ2v) is 12.7. The van der Waals surface area contributed by atoms with Gasteiger partial charge in [-0.25, -0.2) is 9.97 Å². The van der Waals surface area contributed by atoms with Crippen molar-refractivity contribution in [1.29, 1.82) is 0 Å². The van der Waals surface area contributed by atoms with Gasteiger partial charge in [0.05, 0.1) is 42.9 Å². The Kier molecular flexibility index (Phi) is 10.9. The van der Waals surface area contributed by atoms with Gasteiger partial charge in [-0.1, -0.05) is 35.9 Å². The first-order chi connectivity index (χ1) is 25.9. The van der Waals surface area contributed by atoms with Crippen LogP contribution in [0.1, 0.15) is 39.1 Å². The van der Waals surface area contributed by atoms with Crippen molar-refractivity contribution in [2.24, 2.45) is 0 Å².